The number of hydrogen-bond acceptors (Lipinski definition) is 6. The summed E-state index contributed by atoms with van der Waals surface area (Å²) in [7, 11) is 3.69. The maximum absolute atomic E-state index is 10.9. The van der Waals surface area contributed by atoms with Crippen molar-refractivity contribution >= 4 is 11.5 Å². The maximum atomic E-state index is 10.9. The van der Waals surface area contributed by atoms with E-state index >= 15 is 0 Å². The zero-order valence-electron chi connectivity index (χ0n) is 14.1. The molecule has 0 aliphatic carbocycles. The van der Waals surface area contributed by atoms with E-state index < -0.39 is 10.5 Å². The summed E-state index contributed by atoms with van der Waals surface area (Å²) in [6.07, 6.45) is 6.60. The lowest BCUT2D eigenvalue weighted by Crippen LogP contribution is -2.45. The Labute approximate surface area is 140 Å². The van der Waals surface area contributed by atoms with Crippen molar-refractivity contribution in [2.24, 2.45) is 7.05 Å². The molecule has 0 N–H and O–H groups in total. The van der Waals surface area contributed by atoms with Crippen LogP contribution in [0.5, 0.6) is 0 Å². The second-order valence-electron chi connectivity index (χ2n) is 6.13. The van der Waals surface area contributed by atoms with Crippen molar-refractivity contribution in [3.05, 3.63) is 46.2 Å². The van der Waals surface area contributed by atoms with Gasteiger partial charge in [0.05, 0.1) is 4.92 Å². The third kappa shape index (κ3) is 2.73. The van der Waals surface area contributed by atoms with Crippen molar-refractivity contribution in [1.29, 1.82) is 0 Å². The van der Waals surface area contributed by atoms with E-state index in [1.54, 1.807) is 26.3 Å². The van der Waals surface area contributed by atoms with Crippen LogP contribution in [0.2, 0.25) is 0 Å². The summed E-state index contributed by atoms with van der Waals surface area (Å²) in [6.45, 7) is 3.25. The number of methoxy groups -OCH3 is 1. The zero-order chi connectivity index (χ0) is 17.3. The summed E-state index contributed by atoms with van der Waals surface area (Å²) in [6, 6.07) is 1.78. The van der Waals surface area contributed by atoms with Crippen molar-refractivity contribution in [2.45, 2.75) is 25.4 Å². The smallest absolute Gasteiger partial charge is 0.290 e. The monoisotopic (exact) mass is 331 g/mol. The molecule has 1 aliphatic heterocycles. The summed E-state index contributed by atoms with van der Waals surface area (Å²) in [4.78, 5) is 21.4. The molecule has 128 valence electrons. The summed E-state index contributed by atoms with van der Waals surface area (Å²) < 4.78 is 7.84. The van der Waals surface area contributed by atoms with E-state index in [1.165, 1.54) is 6.20 Å². The number of imidazole rings is 1. The van der Waals surface area contributed by atoms with Crippen molar-refractivity contribution < 1.29 is 9.66 Å². The Bertz CT molecular complexity index is 750. The second-order valence-corrected chi connectivity index (χ2v) is 6.13. The predicted octanol–water partition coefficient (Wildman–Crippen LogP) is 2.17. The van der Waals surface area contributed by atoms with Crippen molar-refractivity contribution in [1.82, 2.24) is 14.5 Å². The Morgan fingerprint density at radius 3 is 2.54 bits per heavy atom. The minimum absolute atomic E-state index is 0.0509. The van der Waals surface area contributed by atoms with Gasteiger partial charge in [0.1, 0.15) is 23.4 Å². The number of hydrogen-bond donors (Lipinski definition) is 0. The molecule has 2 aromatic heterocycles. The standard InChI is InChI=1S/C16H21N5O3/c1-12-10-14(18-11-13(12)21(22)23)20-7-4-16(24-3,5-8-20)15-17-6-9-19(15)2/h6,9-11H,4-5,7-8H2,1-3H3. The number of aryl methyl sites for hydroxylation is 2. The topological polar surface area (TPSA) is 86.3 Å². The molecule has 3 rings (SSSR count). The van der Waals surface area contributed by atoms with Gasteiger partial charge < -0.3 is 14.2 Å². The van der Waals surface area contributed by atoms with E-state index in [9.17, 15) is 10.1 Å². The molecule has 24 heavy (non-hydrogen) atoms. The van der Waals surface area contributed by atoms with Gasteiger partial charge in [-0.15, -0.1) is 0 Å². The van der Waals surface area contributed by atoms with Crippen LogP contribution in [0.15, 0.2) is 24.7 Å². The summed E-state index contributed by atoms with van der Waals surface area (Å²) in [5.74, 6) is 1.69. The first kappa shape index (κ1) is 16.4. The number of piperidine rings is 1. The predicted molar refractivity (Wildman–Crippen MR) is 89.0 cm³/mol. The van der Waals surface area contributed by atoms with E-state index in [0.29, 0.717) is 5.56 Å². The Balaban J connectivity index is 1.78. The molecule has 1 aliphatic rings. The summed E-state index contributed by atoms with van der Waals surface area (Å²) in [5, 5.41) is 10.9. The first-order valence-corrected chi connectivity index (χ1v) is 7.86. The number of nitro groups is 1. The number of ether oxygens (including phenoxy) is 1. The first-order valence-electron chi connectivity index (χ1n) is 7.86. The van der Waals surface area contributed by atoms with Crippen LogP contribution in [-0.4, -0.2) is 39.7 Å². The maximum Gasteiger partial charge on any atom is 0.290 e. The highest BCUT2D eigenvalue weighted by molar-refractivity contribution is 5.49. The number of anilines is 1. The molecule has 8 heteroatoms. The van der Waals surface area contributed by atoms with Gasteiger partial charge in [0.2, 0.25) is 0 Å². The Morgan fingerprint density at radius 2 is 2.04 bits per heavy atom. The fraction of sp³-hybridized carbons (Fsp3) is 0.500. The normalized spacial score (nSPS) is 17.0. The van der Waals surface area contributed by atoms with Gasteiger partial charge in [-0.3, -0.25) is 10.1 Å². The van der Waals surface area contributed by atoms with Crippen LogP contribution >= 0.6 is 0 Å². The summed E-state index contributed by atoms with van der Waals surface area (Å²) >= 11 is 0. The average Bonchev–Trinajstić information content (AvgIpc) is 3.01. The molecule has 1 saturated heterocycles. The molecule has 0 saturated carbocycles. The largest absolute Gasteiger partial charge is 0.370 e. The first-order chi connectivity index (χ1) is 11.5. The van der Waals surface area contributed by atoms with E-state index in [1.807, 2.05) is 17.8 Å². The molecule has 0 aromatic carbocycles. The van der Waals surface area contributed by atoms with E-state index in [4.69, 9.17) is 4.74 Å². The van der Waals surface area contributed by atoms with E-state index in [2.05, 4.69) is 14.9 Å². The third-order valence-electron chi connectivity index (χ3n) is 4.78. The number of nitrogens with zero attached hydrogens (tertiary/aromatic N) is 5. The molecular formula is C16H21N5O3. The molecule has 3 heterocycles. The highest BCUT2D eigenvalue weighted by Crippen LogP contribution is 2.36. The van der Waals surface area contributed by atoms with Gasteiger partial charge in [-0.2, -0.15) is 0 Å². The van der Waals surface area contributed by atoms with E-state index in [-0.39, 0.29) is 5.69 Å². The highest BCUT2D eigenvalue weighted by Gasteiger charge is 2.39. The lowest BCUT2D eigenvalue weighted by molar-refractivity contribution is -0.385. The lowest BCUT2D eigenvalue weighted by Gasteiger charge is -2.40. The van der Waals surface area contributed by atoms with Crippen LogP contribution in [0, 0.1) is 17.0 Å². The van der Waals surface area contributed by atoms with E-state index in [0.717, 1.165) is 37.6 Å². The van der Waals surface area contributed by atoms with Gasteiger partial charge in [0, 0.05) is 58.0 Å². The third-order valence-corrected chi connectivity index (χ3v) is 4.78. The Hall–Kier alpha value is -2.48. The molecule has 0 bridgehead atoms. The molecule has 0 spiro atoms. The molecule has 0 radical (unpaired) electrons. The van der Waals surface area contributed by atoms with Crippen LogP contribution < -0.4 is 4.90 Å². The van der Waals surface area contributed by atoms with Crippen molar-refractivity contribution in [3.63, 3.8) is 0 Å². The Kier molecular flexibility index (Phi) is 4.23. The number of aromatic nitrogens is 3. The van der Waals surface area contributed by atoms with Crippen molar-refractivity contribution in [2.75, 3.05) is 25.1 Å². The molecule has 1 fully saturated rings. The zero-order valence-corrected chi connectivity index (χ0v) is 14.1. The second kappa shape index (κ2) is 6.20. The van der Waals surface area contributed by atoms with Gasteiger partial charge >= 0.3 is 0 Å². The minimum atomic E-state index is -0.403. The minimum Gasteiger partial charge on any atom is -0.370 e. The molecule has 0 amide bonds. The molecule has 2 aromatic rings. The van der Waals surface area contributed by atoms with Crippen LogP contribution in [0.4, 0.5) is 11.5 Å². The molecule has 0 atom stereocenters. The molecule has 0 unspecified atom stereocenters. The highest BCUT2D eigenvalue weighted by atomic mass is 16.6. The van der Waals surface area contributed by atoms with Crippen LogP contribution in [0.1, 0.15) is 24.2 Å². The number of pyridine rings is 1. The van der Waals surface area contributed by atoms with Gasteiger partial charge in [-0.25, -0.2) is 9.97 Å². The SMILES string of the molecule is COC1(c2nccn2C)CCN(c2cc(C)c([N+](=O)[O-])cn2)CC1. The molecule has 8 nitrogen and oxygen atoms in total. The lowest BCUT2D eigenvalue weighted by atomic mass is 9.90. The van der Waals surface area contributed by atoms with Gasteiger partial charge in [-0.1, -0.05) is 0 Å². The van der Waals surface area contributed by atoms with Crippen LogP contribution in [0.25, 0.3) is 0 Å². The fourth-order valence-electron chi connectivity index (χ4n) is 3.32. The Morgan fingerprint density at radius 1 is 1.33 bits per heavy atom. The fourth-order valence-corrected chi connectivity index (χ4v) is 3.32. The summed E-state index contributed by atoms with van der Waals surface area (Å²) in [5.41, 5.74) is 0.276. The number of rotatable bonds is 4. The average molecular weight is 331 g/mol. The van der Waals surface area contributed by atoms with Gasteiger partial charge in [0.15, 0.2) is 0 Å². The van der Waals surface area contributed by atoms with Gasteiger partial charge in [0.25, 0.3) is 5.69 Å². The quantitative estimate of drug-likeness (QED) is 0.630. The van der Waals surface area contributed by atoms with Crippen molar-refractivity contribution in [3.8, 4) is 0 Å². The van der Waals surface area contributed by atoms with Crippen LogP contribution in [0.3, 0.4) is 0 Å². The van der Waals surface area contributed by atoms with Crippen LogP contribution in [-0.2, 0) is 17.4 Å². The van der Waals surface area contributed by atoms with Gasteiger partial charge in [-0.05, 0) is 13.0 Å². The molecular weight excluding hydrogens is 310 g/mol.